The van der Waals surface area contributed by atoms with E-state index in [1.54, 1.807) is 0 Å². The summed E-state index contributed by atoms with van der Waals surface area (Å²) in [6, 6.07) is 8.90. The molecular formula is C19H32N2O. The molecule has 2 saturated heterocycles. The van der Waals surface area contributed by atoms with Gasteiger partial charge in [-0.15, -0.1) is 0 Å². The molecule has 0 N–H and O–H groups in total. The number of nitrogens with zero attached hydrogens (tertiary/aromatic N) is 2. The van der Waals surface area contributed by atoms with Gasteiger partial charge in [-0.2, -0.15) is 0 Å². The molecule has 0 saturated carbocycles. The van der Waals surface area contributed by atoms with Crippen molar-refractivity contribution < 1.29 is 4.74 Å². The Balaban J connectivity index is 0.000000847. The van der Waals surface area contributed by atoms with Crippen molar-refractivity contribution in [3.63, 3.8) is 0 Å². The molecule has 0 bridgehead atoms. The number of likely N-dealkylation sites (tertiary alicyclic amines) is 1. The van der Waals surface area contributed by atoms with Crippen LogP contribution in [0.1, 0.15) is 39.2 Å². The van der Waals surface area contributed by atoms with Crippen LogP contribution in [0.2, 0.25) is 0 Å². The molecule has 3 nitrogen and oxygen atoms in total. The zero-order valence-electron chi connectivity index (χ0n) is 14.6. The highest BCUT2D eigenvalue weighted by atomic mass is 16.5. The second kappa shape index (κ2) is 9.16. The third-order valence-corrected chi connectivity index (χ3v) is 4.48. The van der Waals surface area contributed by atoms with E-state index < -0.39 is 0 Å². The van der Waals surface area contributed by atoms with Crippen LogP contribution in [0.3, 0.4) is 0 Å². The smallest absolute Gasteiger partial charge is 0.0642 e. The van der Waals surface area contributed by atoms with Gasteiger partial charge in [0.15, 0.2) is 0 Å². The van der Waals surface area contributed by atoms with E-state index in [0.717, 1.165) is 38.8 Å². The molecule has 1 unspecified atom stereocenters. The standard InChI is InChI=1S/C17H26N2O.C2H6/c1-15-5-4-8-18(13-15)14-16-6-2-3-7-17(16)19-9-11-20-12-10-19;1-2/h2-3,6-7,15H,4-5,8-14H2,1H3;1-2H3. The van der Waals surface area contributed by atoms with Gasteiger partial charge in [-0.1, -0.05) is 39.0 Å². The summed E-state index contributed by atoms with van der Waals surface area (Å²) in [7, 11) is 0. The first kappa shape index (κ1) is 17.3. The summed E-state index contributed by atoms with van der Waals surface area (Å²) in [5, 5.41) is 0. The molecular weight excluding hydrogens is 272 g/mol. The van der Waals surface area contributed by atoms with Crippen LogP contribution in [0.4, 0.5) is 5.69 Å². The van der Waals surface area contributed by atoms with E-state index in [1.807, 2.05) is 13.8 Å². The maximum atomic E-state index is 5.47. The van der Waals surface area contributed by atoms with Crippen molar-refractivity contribution in [2.45, 2.75) is 40.2 Å². The third kappa shape index (κ3) is 4.72. The zero-order chi connectivity index (χ0) is 15.8. The van der Waals surface area contributed by atoms with E-state index in [0.29, 0.717) is 0 Å². The van der Waals surface area contributed by atoms with Crippen molar-refractivity contribution in [2.75, 3.05) is 44.3 Å². The largest absolute Gasteiger partial charge is 0.378 e. The SMILES string of the molecule is CC.CC1CCCN(Cc2ccccc2N2CCOCC2)C1. The molecule has 124 valence electrons. The summed E-state index contributed by atoms with van der Waals surface area (Å²) in [6.07, 6.45) is 2.74. The van der Waals surface area contributed by atoms with Crippen LogP contribution in [0.25, 0.3) is 0 Å². The van der Waals surface area contributed by atoms with Crippen LogP contribution in [0, 0.1) is 5.92 Å². The number of ether oxygens (including phenoxy) is 1. The summed E-state index contributed by atoms with van der Waals surface area (Å²) < 4.78 is 5.47. The van der Waals surface area contributed by atoms with Gasteiger partial charge in [0.25, 0.3) is 0 Å². The van der Waals surface area contributed by atoms with Gasteiger partial charge in [0.05, 0.1) is 13.2 Å². The summed E-state index contributed by atoms with van der Waals surface area (Å²) >= 11 is 0. The molecule has 2 fully saturated rings. The number of anilines is 1. The number of para-hydroxylation sites is 1. The second-order valence-electron chi connectivity index (χ2n) is 6.21. The van der Waals surface area contributed by atoms with Gasteiger partial charge >= 0.3 is 0 Å². The maximum Gasteiger partial charge on any atom is 0.0642 e. The number of rotatable bonds is 3. The Bertz CT molecular complexity index is 429. The highest BCUT2D eigenvalue weighted by molar-refractivity contribution is 5.53. The molecule has 0 radical (unpaired) electrons. The fourth-order valence-electron chi connectivity index (χ4n) is 3.43. The van der Waals surface area contributed by atoms with Crippen molar-refractivity contribution in [1.29, 1.82) is 0 Å². The zero-order valence-corrected chi connectivity index (χ0v) is 14.6. The molecule has 0 amide bonds. The summed E-state index contributed by atoms with van der Waals surface area (Å²) in [5.41, 5.74) is 2.89. The normalized spacial score (nSPS) is 22.9. The number of hydrogen-bond acceptors (Lipinski definition) is 3. The lowest BCUT2D eigenvalue weighted by Gasteiger charge is -2.34. The van der Waals surface area contributed by atoms with Crippen LogP contribution >= 0.6 is 0 Å². The van der Waals surface area contributed by atoms with E-state index in [-0.39, 0.29) is 0 Å². The Labute approximate surface area is 136 Å². The molecule has 22 heavy (non-hydrogen) atoms. The average molecular weight is 304 g/mol. The fraction of sp³-hybridized carbons (Fsp3) is 0.684. The van der Waals surface area contributed by atoms with Crippen LogP contribution < -0.4 is 4.90 Å². The van der Waals surface area contributed by atoms with Crippen molar-refractivity contribution >= 4 is 5.69 Å². The third-order valence-electron chi connectivity index (χ3n) is 4.48. The lowest BCUT2D eigenvalue weighted by Crippen LogP contribution is -2.38. The van der Waals surface area contributed by atoms with Crippen molar-refractivity contribution in [3.8, 4) is 0 Å². The Kier molecular flexibility index (Phi) is 7.20. The minimum atomic E-state index is 0.847. The van der Waals surface area contributed by atoms with Gasteiger partial charge in [-0.3, -0.25) is 4.90 Å². The van der Waals surface area contributed by atoms with E-state index in [4.69, 9.17) is 4.74 Å². The van der Waals surface area contributed by atoms with Crippen molar-refractivity contribution in [2.24, 2.45) is 5.92 Å². The molecule has 2 aliphatic heterocycles. The van der Waals surface area contributed by atoms with Gasteiger partial charge < -0.3 is 9.64 Å². The molecule has 0 aromatic heterocycles. The maximum absolute atomic E-state index is 5.47. The predicted molar refractivity (Wildman–Crippen MR) is 94.5 cm³/mol. The molecule has 3 heteroatoms. The van der Waals surface area contributed by atoms with Crippen LogP contribution in [-0.4, -0.2) is 44.3 Å². The summed E-state index contributed by atoms with van der Waals surface area (Å²) in [6.45, 7) is 13.7. The minimum Gasteiger partial charge on any atom is -0.378 e. The molecule has 1 aromatic carbocycles. The quantitative estimate of drug-likeness (QED) is 0.845. The van der Waals surface area contributed by atoms with E-state index in [9.17, 15) is 0 Å². The summed E-state index contributed by atoms with van der Waals surface area (Å²) in [5.74, 6) is 0.847. The van der Waals surface area contributed by atoms with Gasteiger partial charge in [-0.25, -0.2) is 0 Å². The van der Waals surface area contributed by atoms with Gasteiger partial charge in [0, 0.05) is 31.9 Å². The Morgan fingerprint density at radius 1 is 1.09 bits per heavy atom. The second-order valence-corrected chi connectivity index (χ2v) is 6.21. The fourth-order valence-corrected chi connectivity index (χ4v) is 3.43. The molecule has 2 heterocycles. The molecule has 0 aliphatic carbocycles. The van der Waals surface area contributed by atoms with E-state index >= 15 is 0 Å². The molecule has 0 spiro atoms. The first-order chi connectivity index (χ1) is 10.8. The Hall–Kier alpha value is -1.06. The minimum absolute atomic E-state index is 0.847. The number of piperidine rings is 1. The van der Waals surface area contributed by atoms with Crippen LogP contribution in [-0.2, 0) is 11.3 Å². The highest BCUT2D eigenvalue weighted by Gasteiger charge is 2.19. The Morgan fingerprint density at radius 3 is 2.55 bits per heavy atom. The van der Waals surface area contributed by atoms with Crippen molar-refractivity contribution in [1.82, 2.24) is 4.90 Å². The lowest BCUT2D eigenvalue weighted by molar-refractivity contribution is 0.122. The van der Waals surface area contributed by atoms with Crippen LogP contribution in [0.15, 0.2) is 24.3 Å². The molecule has 1 aromatic rings. The molecule has 1 atom stereocenters. The number of hydrogen-bond donors (Lipinski definition) is 0. The molecule has 2 aliphatic rings. The van der Waals surface area contributed by atoms with Gasteiger partial charge in [-0.05, 0) is 36.9 Å². The van der Waals surface area contributed by atoms with Crippen LogP contribution in [0.5, 0.6) is 0 Å². The number of benzene rings is 1. The topological polar surface area (TPSA) is 15.7 Å². The van der Waals surface area contributed by atoms with Gasteiger partial charge in [0.2, 0.25) is 0 Å². The Morgan fingerprint density at radius 2 is 1.82 bits per heavy atom. The first-order valence-corrected chi connectivity index (χ1v) is 8.96. The number of morpholine rings is 1. The van der Waals surface area contributed by atoms with Gasteiger partial charge in [0.1, 0.15) is 0 Å². The average Bonchev–Trinajstić information content (AvgIpc) is 2.58. The highest BCUT2D eigenvalue weighted by Crippen LogP contribution is 2.25. The summed E-state index contributed by atoms with van der Waals surface area (Å²) in [4.78, 5) is 5.10. The predicted octanol–water partition coefficient (Wildman–Crippen LogP) is 3.78. The monoisotopic (exact) mass is 304 g/mol. The lowest BCUT2D eigenvalue weighted by atomic mass is 9.99. The van der Waals surface area contributed by atoms with E-state index in [2.05, 4.69) is 41.0 Å². The molecule has 3 rings (SSSR count). The van der Waals surface area contributed by atoms with E-state index in [1.165, 1.54) is 37.2 Å². The first-order valence-electron chi connectivity index (χ1n) is 8.96. The van der Waals surface area contributed by atoms with Crippen molar-refractivity contribution in [3.05, 3.63) is 29.8 Å².